The summed E-state index contributed by atoms with van der Waals surface area (Å²) in [5, 5.41) is 9.92. The molecule has 2 heterocycles. The molecule has 0 saturated heterocycles. The average Bonchev–Trinajstić information content (AvgIpc) is 2.42. The van der Waals surface area contributed by atoms with E-state index in [1.165, 1.54) is 0 Å². The highest BCUT2D eigenvalue weighted by Gasteiger charge is 2.05. The summed E-state index contributed by atoms with van der Waals surface area (Å²) in [6.07, 6.45) is 1.77. The van der Waals surface area contributed by atoms with Gasteiger partial charge in [0.25, 0.3) is 0 Å². The summed E-state index contributed by atoms with van der Waals surface area (Å²) >= 11 is 0. The Bertz CT molecular complexity index is 742. The summed E-state index contributed by atoms with van der Waals surface area (Å²) in [5.41, 5.74) is 3.08. The maximum Gasteiger partial charge on any atom is 0.160 e. The molecule has 0 atom stereocenters. The fraction of sp³-hybridized carbons (Fsp3) is 0.143. The first kappa shape index (κ1) is 11.8. The van der Waals surface area contributed by atoms with Gasteiger partial charge in [-0.25, -0.2) is 0 Å². The molecule has 0 unspecified atom stereocenters. The maximum absolute atomic E-state index is 4.56. The van der Waals surface area contributed by atoms with Crippen molar-refractivity contribution in [1.82, 2.24) is 10.2 Å². The monoisotopic (exact) mass is 249 g/mol. The minimum atomic E-state index is 0.998. The second-order valence-corrected chi connectivity index (χ2v) is 4.47. The van der Waals surface area contributed by atoms with Crippen LogP contribution in [0.2, 0.25) is 0 Å². The molecule has 4 nitrogen and oxygen atoms in total. The zero-order valence-corrected chi connectivity index (χ0v) is 11.0. The first-order valence-corrected chi connectivity index (χ1v) is 6.16. The maximum atomic E-state index is 4.56. The molecule has 3 rings (SSSR count). The van der Waals surface area contributed by atoms with Gasteiger partial charge in [-0.05, 0) is 45.6 Å². The smallest absolute Gasteiger partial charge is 0.138 e. The van der Waals surface area contributed by atoms with E-state index in [2.05, 4.69) is 29.6 Å². The molecular formula is C14H14BN4+. The van der Waals surface area contributed by atoms with Crippen LogP contribution in [0.3, 0.4) is 0 Å². The number of aryl methyl sites for hydroxylation is 2. The van der Waals surface area contributed by atoms with Gasteiger partial charge in [0.15, 0.2) is 14.1 Å². The van der Waals surface area contributed by atoms with Gasteiger partial charge in [-0.15, -0.1) is 9.36 Å². The molecule has 0 bridgehead atoms. The molecule has 0 saturated carbocycles. The normalized spacial score (nSPS) is 10.8. The number of fused-ring (bicyclic) bond motifs is 1. The highest BCUT2D eigenvalue weighted by Crippen LogP contribution is 2.05. The third kappa shape index (κ3) is 2.31. The zero-order chi connectivity index (χ0) is 13.2. The van der Waals surface area contributed by atoms with Crippen molar-refractivity contribution in [2.75, 3.05) is 0 Å². The molecule has 2 radical (unpaired) electrons. The molecule has 0 aliphatic heterocycles. The molecule has 2 aromatic heterocycles. The Morgan fingerprint density at radius 2 is 1.79 bits per heavy atom. The quantitative estimate of drug-likeness (QED) is 0.428. The van der Waals surface area contributed by atoms with E-state index in [9.17, 15) is 0 Å². The molecular weight excluding hydrogens is 235 g/mol. The predicted molar refractivity (Wildman–Crippen MR) is 73.4 cm³/mol. The van der Waals surface area contributed by atoms with Gasteiger partial charge in [0.2, 0.25) is 0 Å². The minimum absolute atomic E-state index is 0.998. The van der Waals surface area contributed by atoms with Gasteiger partial charge in [-0.3, -0.25) is 0 Å². The van der Waals surface area contributed by atoms with Gasteiger partial charge < -0.3 is 0 Å². The van der Waals surface area contributed by atoms with Gasteiger partial charge in [-0.2, -0.15) is 0 Å². The molecule has 0 fully saturated rings. The molecule has 19 heavy (non-hydrogen) atoms. The second-order valence-electron chi connectivity index (χ2n) is 4.47. The largest absolute Gasteiger partial charge is 0.160 e. The number of benzene rings is 1. The van der Waals surface area contributed by atoms with Crippen LogP contribution in [0, 0.1) is 0 Å². The van der Waals surface area contributed by atoms with Gasteiger partial charge in [0, 0.05) is 5.39 Å². The van der Waals surface area contributed by atoms with Crippen molar-refractivity contribution < 1.29 is 9.36 Å². The van der Waals surface area contributed by atoms with Gasteiger partial charge in [-0.1, -0.05) is 25.5 Å². The van der Waals surface area contributed by atoms with Crippen molar-refractivity contribution in [2.45, 2.75) is 0 Å². The topological polar surface area (TPSA) is 33.5 Å². The Balaban J connectivity index is 2.06. The Morgan fingerprint density at radius 3 is 2.63 bits per heavy atom. The van der Waals surface area contributed by atoms with E-state index in [-0.39, 0.29) is 0 Å². The van der Waals surface area contributed by atoms with E-state index in [4.69, 9.17) is 0 Å². The fourth-order valence-corrected chi connectivity index (χ4v) is 2.06. The molecule has 0 N–H and O–H groups in total. The molecule has 0 amide bonds. The Kier molecular flexibility index (Phi) is 2.95. The Morgan fingerprint density at radius 1 is 0.947 bits per heavy atom. The van der Waals surface area contributed by atoms with E-state index >= 15 is 0 Å². The summed E-state index contributed by atoms with van der Waals surface area (Å²) in [4.78, 5) is 0. The summed E-state index contributed by atoms with van der Waals surface area (Å²) in [6, 6.07) is 14.2. The SMILES string of the molecule is C[n+]1ncccc1[B-]c1cc2ccccc2n[n+]1C. The predicted octanol–water partition coefficient (Wildman–Crippen LogP) is -1.07. The van der Waals surface area contributed by atoms with Crippen molar-refractivity contribution in [1.29, 1.82) is 0 Å². The first-order chi connectivity index (χ1) is 9.24. The summed E-state index contributed by atoms with van der Waals surface area (Å²) in [5.74, 6) is 0. The van der Waals surface area contributed by atoms with E-state index < -0.39 is 0 Å². The van der Waals surface area contributed by atoms with E-state index in [1.54, 1.807) is 6.20 Å². The molecule has 1 aromatic carbocycles. The number of nitrogens with zero attached hydrogens (tertiary/aromatic N) is 4. The molecule has 3 aromatic rings. The van der Waals surface area contributed by atoms with Crippen molar-refractivity contribution in [2.24, 2.45) is 14.1 Å². The Labute approximate surface area is 112 Å². The third-order valence-corrected chi connectivity index (χ3v) is 3.13. The highest BCUT2D eigenvalue weighted by atomic mass is 15.3. The van der Waals surface area contributed by atoms with Crippen LogP contribution in [0.25, 0.3) is 10.9 Å². The van der Waals surface area contributed by atoms with Crippen LogP contribution in [-0.4, -0.2) is 17.5 Å². The van der Waals surface area contributed by atoms with E-state index in [0.29, 0.717) is 0 Å². The lowest BCUT2D eigenvalue weighted by Gasteiger charge is -2.10. The van der Waals surface area contributed by atoms with Crippen LogP contribution in [0.5, 0.6) is 0 Å². The van der Waals surface area contributed by atoms with E-state index in [0.717, 1.165) is 22.1 Å². The first-order valence-electron chi connectivity index (χ1n) is 6.16. The average molecular weight is 249 g/mol. The van der Waals surface area contributed by atoms with Gasteiger partial charge >= 0.3 is 0 Å². The highest BCUT2D eigenvalue weighted by molar-refractivity contribution is 6.64. The molecule has 92 valence electrons. The van der Waals surface area contributed by atoms with Crippen LogP contribution in [0.15, 0.2) is 48.7 Å². The van der Waals surface area contributed by atoms with Crippen LogP contribution in [0.4, 0.5) is 0 Å². The van der Waals surface area contributed by atoms with Gasteiger partial charge in [0.1, 0.15) is 5.52 Å². The van der Waals surface area contributed by atoms with Crippen molar-refractivity contribution in [3.63, 3.8) is 0 Å². The summed E-state index contributed by atoms with van der Waals surface area (Å²) in [7, 11) is 5.96. The van der Waals surface area contributed by atoms with Crippen molar-refractivity contribution >= 4 is 29.4 Å². The summed E-state index contributed by atoms with van der Waals surface area (Å²) in [6.45, 7) is 0. The fourth-order valence-electron chi connectivity index (χ4n) is 2.06. The van der Waals surface area contributed by atoms with E-state index in [1.807, 2.05) is 53.8 Å². The number of aromatic nitrogens is 4. The third-order valence-electron chi connectivity index (χ3n) is 3.13. The lowest BCUT2D eigenvalue weighted by Crippen LogP contribution is -2.61. The molecule has 5 heteroatoms. The summed E-state index contributed by atoms with van der Waals surface area (Å²) < 4.78 is 3.73. The zero-order valence-electron chi connectivity index (χ0n) is 11.0. The number of hydrogen-bond donors (Lipinski definition) is 0. The van der Waals surface area contributed by atoms with Crippen LogP contribution >= 0.6 is 0 Å². The lowest BCUT2D eigenvalue weighted by molar-refractivity contribution is -0.717. The molecule has 0 spiro atoms. The van der Waals surface area contributed by atoms with Crippen molar-refractivity contribution in [3.8, 4) is 0 Å². The van der Waals surface area contributed by atoms with Crippen molar-refractivity contribution in [3.05, 3.63) is 48.7 Å². The lowest BCUT2D eigenvalue weighted by atomic mass is 9.69. The van der Waals surface area contributed by atoms with Gasteiger partial charge in [0.05, 0.1) is 6.20 Å². The standard InChI is InChI=1S/C14H14BN4/c1-18-13(8-5-9-16-18)15-14-10-11-6-3-4-7-12(11)17-19(14)2/h3-10H,1-2H3/q+1. The Hall–Kier alpha value is -2.30. The molecule has 0 aliphatic carbocycles. The number of rotatable bonds is 2. The second kappa shape index (κ2) is 4.76. The van der Waals surface area contributed by atoms with Crippen LogP contribution in [-0.2, 0) is 14.1 Å². The molecule has 0 aliphatic rings. The van der Waals surface area contributed by atoms with Crippen LogP contribution in [0.1, 0.15) is 0 Å². The van der Waals surface area contributed by atoms with Crippen LogP contribution < -0.4 is 20.6 Å². The number of hydrogen-bond acceptors (Lipinski definition) is 2. The minimum Gasteiger partial charge on any atom is -0.138 e.